The van der Waals surface area contributed by atoms with Gasteiger partial charge in [-0.25, -0.2) is 4.39 Å². The van der Waals surface area contributed by atoms with Crippen LogP contribution < -0.4 is 5.73 Å². The predicted molar refractivity (Wildman–Crippen MR) is 65.1 cm³/mol. The zero-order chi connectivity index (χ0) is 11.4. The van der Waals surface area contributed by atoms with Crippen LogP contribution in [0.5, 0.6) is 0 Å². The minimum absolute atomic E-state index is 0.204. The van der Waals surface area contributed by atoms with Gasteiger partial charge in [0.05, 0.1) is 0 Å². The smallest absolute Gasteiger partial charge is 0.128 e. The van der Waals surface area contributed by atoms with Gasteiger partial charge in [-0.15, -0.1) is 0 Å². The molecule has 0 unspecified atom stereocenters. The Morgan fingerprint density at radius 2 is 2.00 bits per heavy atom. The lowest BCUT2D eigenvalue weighted by Gasteiger charge is -2.14. The van der Waals surface area contributed by atoms with Gasteiger partial charge in [-0.3, -0.25) is 0 Å². The van der Waals surface area contributed by atoms with Crippen molar-refractivity contribution >= 4 is 15.9 Å². The number of hydrogen-bond donors (Lipinski definition) is 1. The van der Waals surface area contributed by atoms with Crippen molar-refractivity contribution in [3.05, 3.63) is 34.1 Å². The average molecular weight is 274 g/mol. The van der Waals surface area contributed by atoms with Gasteiger partial charge in [0, 0.05) is 16.1 Å². The highest BCUT2D eigenvalue weighted by atomic mass is 79.9. The van der Waals surface area contributed by atoms with Gasteiger partial charge in [0.15, 0.2) is 0 Å². The minimum Gasteiger partial charge on any atom is -0.324 e. The first kappa shape index (κ1) is 12.7. The Kier molecular flexibility index (Phi) is 4.74. The molecule has 0 amide bonds. The van der Waals surface area contributed by atoms with Crippen LogP contribution >= 0.6 is 15.9 Å². The number of rotatable bonds is 4. The maximum atomic E-state index is 13.4. The van der Waals surface area contributed by atoms with Gasteiger partial charge >= 0.3 is 0 Å². The summed E-state index contributed by atoms with van der Waals surface area (Å²) in [6.45, 7) is 4.29. The van der Waals surface area contributed by atoms with E-state index in [1.165, 1.54) is 6.07 Å². The van der Waals surface area contributed by atoms with Gasteiger partial charge in [0.2, 0.25) is 0 Å². The third-order valence-electron chi connectivity index (χ3n) is 2.41. The van der Waals surface area contributed by atoms with E-state index in [0.717, 1.165) is 17.3 Å². The molecule has 1 aromatic carbocycles. The second-order valence-corrected chi connectivity index (χ2v) is 5.16. The largest absolute Gasteiger partial charge is 0.324 e. The summed E-state index contributed by atoms with van der Waals surface area (Å²) in [5, 5.41) is 0. The normalized spacial score (nSPS) is 13.2. The maximum absolute atomic E-state index is 13.4. The predicted octanol–water partition coefficient (Wildman–Crippen LogP) is 4.02. The molecule has 0 radical (unpaired) electrons. The first-order valence-corrected chi connectivity index (χ1v) is 6.00. The Morgan fingerprint density at radius 1 is 1.33 bits per heavy atom. The maximum Gasteiger partial charge on any atom is 0.128 e. The van der Waals surface area contributed by atoms with Crippen molar-refractivity contribution in [3.63, 3.8) is 0 Å². The van der Waals surface area contributed by atoms with Crippen molar-refractivity contribution in [1.82, 2.24) is 0 Å². The fourth-order valence-electron chi connectivity index (χ4n) is 1.47. The number of benzene rings is 1. The summed E-state index contributed by atoms with van der Waals surface area (Å²) >= 11 is 3.32. The molecule has 3 heteroatoms. The van der Waals surface area contributed by atoms with Crippen LogP contribution in [-0.4, -0.2) is 0 Å². The van der Waals surface area contributed by atoms with Crippen molar-refractivity contribution in [2.24, 2.45) is 11.7 Å². The Balaban J connectivity index is 2.72. The van der Waals surface area contributed by atoms with E-state index in [4.69, 9.17) is 5.73 Å². The zero-order valence-corrected chi connectivity index (χ0v) is 10.7. The van der Waals surface area contributed by atoms with Crippen molar-refractivity contribution in [2.45, 2.75) is 32.7 Å². The Hall–Kier alpha value is -0.410. The van der Waals surface area contributed by atoms with Crippen LogP contribution in [0.25, 0.3) is 0 Å². The molecule has 0 bridgehead atoms. The lowest BCUT2D eigenvalue weighted by Crippen LogP contribution is -2.13. The highest BCUT2D eigenvalue weighted by molar-refractivity contribution is 9.10. The number of halogens is 2. The summed E-state index contributed by atoms with van der Waals surface area (Å²) in [5.74, 6) is 0.390. The molecule has 1 aromatic rings. The van der Waals surface area contributed by atoms with Crippen molar-refractivity contribution in [3.8, 4) is 0 Å². The van der Waals surface area contributed by atoms with E-state index in [-0.39, 0.29) is 11.9 Å². The molecule has 0 aromatic heterocycles. The summed E-state index contributed by atoms with van der Waals surface area (Å²) in [6, 6.07) is 4.70. The summed E-state index contributed by atoms with van der Waals surface area (Å²) in [4.78, 5) is 0. The van der Waals surface area contributed by atoms with Gasteiger partial charge < -0.3 is 5.73 Å². The van der Waals surface area contributed by atoms with Gasteiger partial charge in [-0.1, -0.05) is 29.8 Å². The third-order valence-corrected chi connectivity index (χ3v) is 2.91. The first-order chi connectivity index (χ1) is 7.00. The molecule has 1 atom stereocenters. The van der Waals surface area contributed by atoms with Gasteiger partial charge in [0.1, 0.15) is 5.82 Å². The molecular formula is C12H17BrFN. The lowest BCUT2D eigenvalue weighted by molar-refractivity contribution is 0.491. The molecule has 84 valence electrons. The van der Waals surface area contributed by atoms with Crippen LogP contribution in [0.4, 0.5) is 4.39 Å². The summed E-state index contributed by atoms with van der Waals surface area (Å²) in [6.07, 6.45) is 1.85. The molecule has 0 aliphatic heterocycles. The monoisotopic (exact) mass is 273 g/mol. The van der Waals surface area contributed by atoms with Crippen LogP contribution in [-0.2, 0) is 0 Å². The van der Waals surface area contributed by atoms with Crippen LogP contribution in [0.3, 0.4) is 0 Å². The molecule has 1 nitrogen and oxygen atoms in total. The zero-order valence-electron chi connectivity index (χ0n) is 9.13. The highest BCUT2D eigenvalue weighted by Crippen LogP contribution is 2.24. The van der Waals surface area contributed by atoms with E-state index in [2.05, 4.69) is 29.8 Å². The van der Waals surface area contributed by atoms with E-state index in [1.807, 2.05) is 0 Å². The molecule has 0 heterocycles. The van der Waals surface area contributed by atoms with Gasteiger partial charge in [0.25, 0.3) is 0 Å². The Labute approximate surface area is 99.0 Å². The SMILES string of the molecule is CC(C)CC[C@@H](N)c1cc(Br)ccc1F. The number of hydrogen-bond acceptors (Lipinski definition) is 1. The van der Waals surface area contributed by atoms with E-state index in [9.17, 15) is 4.39 Å². The van der Waals surface area contributed by atoms with Crippen LogP contribution in [0.2, 0.25) is 0 Å². The van der Waals surface area contributed by atoms with Gasteiger partial charge in [-0.2, -0.15) is 0 Å². The molecular weight excluding hydrogens is 257 g/mol. The average Bonchev–Trinajstić information content (AvgIpc) is 2.18. The van der Waals surface area contributed by atoms with Crippen molar-refractivity contribution < 1.29 is 4.39 Å². The standard InChI is InChI=1S/C12H17BrFN/c1-8(2)3-6-12(15)10-7-9(13)4-5-11(10)14/h4-5,7-8,12H,3,6,15H2,1-2H3/t12-/m1/s1. The molecule has 0 aliphatic carbocycles. The van der Waals surface area contributed by atoms with E-state index >= 15 is 0 Å². The molecule has 15 heavy (non-hydrogen) atoms. The molecule has 0 fully saturated rings. The third kappa shape index (κ3) is 3.92. The van der Waals surface area contributed by atoms with E-state index in [1.54, 1.807) is 12.1 Å². The Bertz CT molecular complexity index is 325. The molecule has 0 aliphatic rings. The van der Waals surface area contributed by atoms with Crippen LogP contribution in [0.15, 0.2) is 22.7 Å². The second kappa shape index (κ2) is 5.61. The quantitative estimate of drug-likeness (QED) is 0.881. The molecule has 0 saturated carbocycles. The molecule has 2 N–H and O–H groups in total. The fraction of sp³-hybridized carbons (Fsp3) is 0.500. The first-order valence-electron chi connectivity index (χ1n) is 5.21. The Morgan fingerprint density at radius 3 is 2.60 bits per heavy atom. The van der Waals surface area contributed by atoms with Crippen molar-refractivity contribution in [2.75, 3.05) is 0 Å². The van der Waals surface area contributed by atoms with E-state index < -0.39 is 0 Å². The minimum atomic E-state index is -0.213. The highest BCUT2D eigenvalue weighted by Gasteiger charge is 2.12. The van der Waals surface area contributed by atoms with Gasteiger partial charge in [-0.05, 0) is 37.0 Å². The van der Waals surface area contributed by atoms with Crippen LogP contribution in [0.1, 0.15) is 38.3 Å². The lowest BCUT2D eigenvalue weighted by atomic mass is 9.98. The van der Waals surface area contributed by atoms with Crippen LogP contribution in [0, 0.1) is 11.7 Å². The summed E-state index contributed by atoms with van der Waals surface area (Å²) < 4.78 is 14.3. The van der Waals surface area contributed by atoms with E-state index in [0.29, 0.717) is 11.5 Å². The molecule has 1 rings (SSSR count). The summed E-state index contributed by atoms with van der Waals surface area (Å²) in [7, 11) is 0. The topological polar surface area (TPSA) is 26.0 Å². The molecule has 0 spiro atoms. The molecule has 0 saturated heterocycles. The number of nitrogens with two attached hydrogens (primary N) is 1. The van der Waals surface area contributed by atoms with Crippen molar-refractivity contribution in [1.29, 1.82) is 0 Å². The fourth-order valence-corrected chi connectivity index (χ4v) is 1.85. The summed E-state index contributed by atoms with van der Waals surface area (Å²) in [5.41, 5.74) is 6.55. The second-order valence-electron chi connectivity index (χ2n) is 4.24.